The van der Waals surface area contributed by atoms with Crippen molar-refractivity contribution in [3.63, 3.8) is 0 Å². The molecule has 0 N–H and O–H groups in total. The van der Waals surface area contributed by atoms with Crippen LogP contribution in [0.2, 0.25) is 0 Å². The molecule has 1 aromatic rings. The van der Waals surface area contributed by atoms with Gasteiger partial charge in [0.05, 0.1) is 7.11 Å². The van der Waals surface area contributed by atoms with Crippen molar-refractivity contribution in [2.75, 3.05) is 7.11 Å². The molecule has 0 saturated carbocycles. The number of carbonyl (C=O) groups is 1. The highest BCUT2D eigenvalue weighted by molar-refractivity contribution is 5.93. The molecule has 0 aromatic heterocycles. The SMILES string of the molecule is COc1ccc([C@@H]2C=CC(=O)C2)cc1. The smallest absolute Gasteiger partial charge is 0.156 e. The van der Waals surface area contributed by atoms with Crippen LogP contribution in [0, 0.1) is 0 Å². The van der Waals surface area contributed by atoms with Crippen LogP contribution in [-0.2, 0) is 4.79 Å². The average molecular weight is 188 g/mol. The first-order chi connectivity index (χ1) is 6.79. The highest BCUT2D eigenvalue weighted by Crippen LogP contribution is 2.27. The lowest BCUT2D eigenvalue weighted by Gasteiger charge is -2.07. The molecule has 1 aliphatic rings. The molecule has 72 valence electrons. The molecule has 2 rings (SSSR count). The zero-order valence-corrected chi connectivity index (χ0v) is 8.07. The summed E-state index contributed by atoms with van der Waals surface area (Å²) < 4.78 is 5.07. The van der Waals surface area contributed by atoms with Gasteiger partial charge in [-0.15, -0.1) is 0 Å². The summed E-state index contributed by atoms with van der Waals surface area (Å²) in [4.78, 5) is 11.0. The lowest BCUT2D eigenvalue weighted by Crippen LogP contribution is -1.95. The van der Waals surface area contributed by atoms with Gasteiger partial charge in [0, 0.05) is 12.3 Å². The number of carbonyl (C=O) groups excluding carboxylic acids is 1. The molecule has 2 heteroatoms. The van der Waals surface area contributed by atoms with E-state index in [0.717, 1.165) is 5.75 Å². The van der Waals surface area contributed by atoms with Crippen LogP contribution in [0.3, 0.4) is 0 Å². The molecule has 0 spiro atoms. The molecule has 0 unspecified atom stereocenters. The van der Waals surface area contributed by atoms with Crippen LogP contribution in [0.4, 0.5) is 0 Å². The molecule has 2 nitrogen and oxygen atoms in total. The Balaban J connectivity index is 2.17. The fourth-order valence-electron chi connectivity index (χ4n) is 1.66. The van der Waals surface area contributed by atoms with Crippen molar-refractivity contribution in [1.29, 1.82) is 0 Å². The van der Waals surface area contributed by atoms with Gasteiger partial charge in [-0.2, -0.15) is 0 Å². The van der Waals surface area contributed by atoms with Gasteiger partial charge in [0.1, 0.15) is 5.75 Å². The number of ketones is 1. The van der Waals surface area contributed by atoms with Gasteiger partial charge < -0.3 is 4.74 Å². The molecule has 0 radical (unpaired) electrons. The van der Waals surface area contributed by atoms with Crippen molar-refractivity contribution in [3.05, 3.63) is 42.0 Å². The lowest BCUT2D eigenvalue weighted by molar-refractivity contribution is -0.114. The molecule has 0 amide bonds. The van der Waals surface area contributed by atoms with E-state index in [2.05, 4.69) is 0 Å². The molecule has 14 heavy (non-hydrogen) atoms. The second-order valence-electron chi connectivity index (χ2n) is 3.41. The summed E-state index contributed by atoms with van der Waals surface area (Å²) in [5.74, 6) is 1.32. The first-order valence-electron chi connectivity index (χ1n) is 4.64. The zero-order valence-electron chi connectivity index (χ0n) is 8.07. The number of methoxy groups -OCH3 is 1. The van der Waals surface area contributed by atoms with E-state index in [1.165, 1.54) is 5.56 Å². The third-order valence-electron chi connectivity index (χ3n) is 2.48. The quantitative estimate of drug-likeness (QED) is 0.711. The van der Waals surface area contributed by atoms with Crippen molar-refractivity contribution >= 4 is 5.78 Å². The van der Waals surface area contributed by atoms with E-state index >= 15 is 0 Å². The fourth-order valence-corrected chi connectivity index (χ4v) is 1.66. The molecule has 0 saturated heterocycles. The molecule has 0 heterocycles. The van der Waals surface area contributed by atoms with Crippen LogP contribution in [0.25, 0.3) is 0 Å². The van der Waals surface area contributed by atoms with E-state index < -0.39 is 0 Å². The number of benzene rings is 1. The number of ether oxygens (including phenoxy) is 1. The van der Waals surface area contributed by atoms with Crippen molar-refractivity contribution < 1.29 is 9.53 Å². The van der Waals surface area contributed by atoms with Gasteiger partial charge in [-0.3, -0.25) is 4.79 Å². The highest BCUT2D eigenvalue weighted by atomic mass is 16.5. The van der Waals surface area contributed by atoms with Gasteiger partial charge in [-0.1, -0.05) is 18.2 Å². The third-order valence-corrected chi connectivity index (χ3v) is 2.48. The van der Waals surface area contributed by atoms with Crippen molar-refractivity contribution in [2.45, 2.75) is 12.3 Å². The minimum Gasteiger partial charge on any atom is -0.497 e. The predicted molar refractivity (Wildman–Crippen MR) is 54.5 cm³/mol. The van der Waals surface area contributed by atoms with Crippen LogP contribution in [0.5, 0.6) is 5.75 Å². The summed E-state index contributed by atoms with van der Waals surface area (Å²) in [5.41, 5.74) is 1.17. The van der Waals surface area contributed by atoms with E-state index in [1.807, 2.05) is 30.3 Å². The van der Waals surface area contributed by atoms with Crippen molar-refractivity contribution in [1.82, 2.24) is 0 Å². The summed E-state index contributed by atoms with van der Waals surface area (Å²) in [5, 5.41) is 0. The number of hydrogen-bond donors (Lipinski definition) is 0. The third kappa shape index (κ3) is 1.69. The number of allylic oxidation sites excluding steroid dienone is 2. The minimum atomic E-state index is 0.214. The normalized spacial score (nSPS) is 20.1. The topological polar surface area (TPSA) is 26.3 Å². The average Bonchev–Trinajstić information content (AvgIpc) is 2.65. The van der Waals surface area contributed by atoms with Crippen molar-refractivity contribution in [3.8, 4) is 5.75 Å². The Bertz CT molecular complexity index is 362. The molecular formula is C12H12O2. The summed E-state index contributed by atoms with van der Waals surface area (Å²) in [6, 6.07) is 7.86. The Morgan fingerprint density at radius 2 is 2.00 bits per heavy atom. The molecular weight excluding hydrogens is 176 g/mol. The van der Waals surface area contributed by atoms with E-state index in [9.17, 15) is 4.79 Å². The second kappa shape index (κ2) is 3.66. The Morgan fingerprint density at radius 3 is 2.50 bits per heavy atom. The Hall–Kier alpha value is -1.57. The van der Waals surface area contributed by atoms with E-state index in [0.29, 0.717) is 6.42 Å². The number of hydrogen-bond acceptors (Lipinski definition) is 2. The summed E-state index contributed by atoms with van der Waals surface area (Å²) in [6.45, 7) is 0. The molecule has 0 fully saturated rings. The first kappa shape index (κ1) is 9.00. The van der Waals surface area contributed by atoms with Crippen LogP contribution in [-0.4, -0.2) is 12.9 Å². The summed E-state index contributed by atoms with van der Waals surface area (Å²) in [7, 11) is 1.65. The number of rotatable bonds is 2. The largest absolute Gasteiger partial charge is 0.497 e. The van der Waals surface area contributed by atoms with Gasteiger partial charge in [-0.05, 0) is 23.8 Å². The molecule has 1 aliphatic carbocycles. The van der Waals surface area contributed by atoms with Crippen LogP contribution >= 0.6 is 0 Å². The molecule has 1 atom stereocenters. The Morgan fingerprint density at radius 1 is 1.29 bits per heavy atom. The zero-order chi connectivity index (χ0) is 9.97. The van der Waals surface area contributed by atoms with Gasteiger partial charge in [-0.25, -0.2) is 0 Å². The highest BCUT2D eigenvalue weighted by Gasteiger charge is 2.17. The summed E-state index contributed by atoms with van der Waals surface area (Å²) >= 11 is 0. The first-order valence-corrected chi connectivity index (χ1v) is 4.64. The van der Waals surface area contributed by atoms with E-state index in [4.69, 9.17) is 4.74 Å². The predicted octanol–water partition coefficient (Wildman–Crippen LogP) is 2.31. The van der Waals surface area contributed by atoms with Gasteiger partial charge >= 0.3 is 0 Å². The van der Waals surface area contributed by atoms with E-state index in [1.54, 1.807) is 13.2 Å². The van der Waals surface area contributed by atoms with Crippen LogP contribution < -0.4 is 4.74 Å². The standard InChI is InChI=1S/C12H12O2/c1-14-12-6-3-9(4-7-12)10-2-5-11(13)8-10/h2-7,10H,8H2,1H3/t10-/m1/s1. The monoisotopic (exact) mass is 188 g/mol. The van der Waals surface area contributed by atoms with Gasteiger partial charge in [0.25, 0.3) is 0 Å². The fraction of sp³-hybridized carbons (Fsp3) is 0.250. The molecule has 0 bridgehead atoms. The van der Waals surface area contributed by atoms with Crippen LogP contribution in [0.15, 0.2) is 36.4 Å². The minimum absolute atomic E-state index is 0.214. The lowest BCUT2D eigenvalue weighted by atomic mass is 9.99. The Kier molecular flexibility index (Phi) is 2.35. The van der Waals surface area contributed by atoms with Gasteiger partial charge in [0.2, 0.25) is 0 Å². The maximum atomic E-state index is 11.0. The molecule has 1 aromatic carbocycles. The van der Waals surface area contributed by atoms with Crippen LogP contribution in [0.1, 0.15) is 17.9 Å². The van der Waals surface area contributed by atoms with Crippen molar-refractivity contribution in [2.24, 2.45) is 0 Å². The molecule has 0 aliphatic heterocycles. The van der Waals surface area contributed by atoms with Gasteiger partial charge in [0.15, 0.2) is 5.78 Å². The maximum Gasteiger partial charge on any atom is 0.156 e. The second-order valence-corrected chi connectivity index (χ2v) is 3.41. The maximum absolute atomic E-state index is 11.0. The summed E-state index contributed by atoms with van der Waals surface area (Å²) in [6.07, 6.45) is 4.23. The van der Waals surface area contributed by atoms with E-state index in [-0.39, 0.29) is 11.7 Å². The Labute approximate surface area is 83.2 Å².